The van der Waals surface area contributed by atoms with Gasteiger partial charge in [-0.2, -0.15) is 0 Å². The molecule has 1 fully saturated rings. The first-order valence-electron chi connectivity index (χ1n) is 6.31. The molecule has 0 aromatic heterocycles. The Kier molecular flexibility index (Phi) is 4.22. The highest BCUT2D eigenvalue weighted by Gasteiger charge is 2.38. The predicted octanol–water partition coefficient (Wildman–Crippen LogP) is 0.252. The molecule has 3 atom stereocenters. The molecule has 6 nitrogen and oxygen atoms in total. The van der Waals surface area contributed by atoms with Gasteiger partial charge in [0.1, 0.15) is 12.2 Å². The predicted molar refractivity (Wildman–Crippen MR) is 74.7 cm³/mol. The molecule has 1 aliphatic heterocycles. The summed E-state index contributed by atoms with van der Waals surface area (Å²) in [5.41, 5.74) is 6.68. The quantitative estimate of drug-likeness (QED) is 0.827. The maximum atomic E-state index is 11.5. The van der Waals surface area contributed by atoms with Gasteiger partial charge >= 0.3 is 0 Å². The van der Waals surface area contributed by atoms with Crippen LogP contribution < -0.4 is 15.2 Å². The molecule has 0 spiro atoms. The van der Waals surface area contributed by atoms with E-state index in [2.05, 4.69) is 0 Å². The zero-order valence-electron chi connectivity index (χ0n) is 11.4. The molecule has 0 bridgehead atoms. The highest BCUT2D eigenvalue weighted by atomic mass is 32.2. The summed E-state index contributed by atoms with van der Waals surface area (Å²) in [5.74, 6) is 0.416. The molecular weight excluding hydrogens is 282 g/mol. The Hall–Kier alpha value is -1.31. The van der Waals surface area contributed by atoms with Crippen LogP contribution in [-0.2, 0) is 9.84 Å². The van der Waals surface area contributed by atoms with Crippen molar-refractivity contribution in [2.45, 2.75) is 25.2 Å². The summed E-state index contributed by atoms with van der Waals surface area (Å²) in [6, 6.07) is 5.07. The summed E-state index contributed by atoms with van der Waals surface area (Å²) in [5, 5.41) is 9.73. The number of sulfone groups is 1. The summed E-state index contributed by atoms with van der Waals surface area (Å²) in [6.07, 6.45) is -1.78. The van der Waals surface area contributed by atoms with Gasteiger partial charge in [-0.3, -0.25) is 0 Å². The van der Waals surface area contributed by atoms with Crippen LogP contribution in [0.25, 0.3) is 0 Å². The maximum absolute atomic E-state index is 11.5. The monoisotopic (exact) mass is 301 g/mol. The van der Waals surface area contributed by atoms with Gasteiger partial charge < -0.3 is 20.3 Å². The lowest BCUT2D eigenvalue weighted by Crippen LogP contribution is -2.29. The van der Waals surface area contributed by atoms with Crippen LogP contribution in [0.3, 0.4) is 0 Å². The van der Waals surface area contributed by atoms with Gasteiger partial charge in [0.15, 0.2) is 21.3 Å². The fourth-order valence-electron chi connectivity index (χ4n) is 2.14. The van der Waals surface area contributed by atoms with Gasteiger partial charge in [0.05, 0.1) is 18.6 Å². The van der Waals surface area contributed by atoms with Crippen LogP contribution in [0.2, 0.25) is 0 Å². The first-order valence-corrected chi connectivity index (χ1v) is 8.13. The summed E-state index contributed by atoms with van der Waals surface area (Å²) < 4.78 is 33.7. The minimum atomic E-state index is -3.24. The fourth-order valence-corrected chi connectivity index (χ4v) is 3.80. The first kappa shape index (κ1) is 15.1. The van der Waals surface area contributed by atoms with Gasteiger partial charge in [0.25, 0.3) is 0 Å². The van der Waals surface area contributed by atoms with Gasteiger partial charge in [-0.05, 0) is 24.6 Å². The molecule has 20 heavy (non-hydrogen) atoms. The molecule has 0 amide bonds. The Morgan fingerprint density at radius 2 is 2.05 bits per heavy atom. The van der Waals surface area contributed by atoms with Gasteiger partial charge in [-0.15, -0.1) is 0 Å². The minimum Gasteiger partial charge on any atom is -0.493 e. The van der Waals surface area contributed by atoms with E-state index in [4.69, 9.17) is 15.2 Å². The van der Waals surface area contributed by atoms with Crippen LogP contribution in [0.4, 0.5) is 0 Å². The summed E-state index contributed by atoms with van der Waals surface area (Å²) in [6.45, 7) is 1.85. The van der Waals surface area contributed by atoms with Crippen LogP contribution in [0.15, 0.2) is 18.2 Å². The smallest absolute Gasteiger partial charge is 0.161 e. The largest absolute Gasteiger partial charge is 0.493 e. The van der Waals surface area contributed by atoms with E-state index in [0.29, 0.717) is 11.5 Å². The number of aliphatic hydroxyl groups is 1. The minimum absolute atomic E-state index is 0.143. The normalized spacial score (nSPS) is 26.2. The van der Waals surface area contributed by atoms with Gasteiger partial charge in [0.2, 0.25) is 0 Å². The van der Waals surface area contributed by atoms with E-state index in [1.165, 1.54) is 7.11 Å². The lowest BCUT2D eigenvalue weighted by Gasteiger charge is -2.19. The van der Waals surface area contributed by atoms with E-state index in [9.17, 15) is 13.5 Å². The number of rotatable bonds is 4. The Bertz CT molecular complexity index is 584. The van der Waals surface area contributed by atoms with E-state index in [1.807, 2.05) is 6.92 Å². The molecule has 3 unspecified atom stereocenters. The van der Waals surface area contributed by atoms with E-state index < -0.39 is 22.0 Å². The van der Waals surface area contributed by atoms with E-state index in [0.717, 1.165) is 5.56 Å². The molecule has 1 saturated heterocycles. The van der Waals surface area contributed by atoms with Crippen molar-refractivity contribution in [3.8, 4) is 11.5 Å². The van der Waals surface area contributed by atoms with E-state index in [1.54, 1.807) is 18.2 Å². The van der Waals surface area contributed by atoms with Gasteiger partial charge in [-0.1, -0.05) is 6.07 Å². The van der Waals surface area contributed by atoms with Crippen molar-refractivity contribution in [1.82, 2.24) is 0 Å². The molecule has 0 saturated carbocycles. The second-order valence-electron chi connectivity index (χ2n) is 5.00. The number of ether oxygens (including phenoxy) is 2. The Morgan fingerprint density at radius 3 is 2.55 bits per heavy atom. The van der Waals surface area contributed by atoms with Crippen molar-refractivity contribution in [3.05, 3.63) is 23.8 Å². The molecule has 1 aromatic rings. The van der Waals surface area contributed by atoms with Crippen molar-refractivity contribution < 1.29 is 23.0 Å². The second kappa shape index (κ2) is 5.59. The number of benzene rings is 1. The third-order valence-electron chi connectivity index (χ3n) is 3.26. The van der Waals surface area contributed by atoms with Crippen LogP contribution in [0, 0.1) is 0 Å². The highest BCUT2D eigenvalue weighted by molar-refractivity contribution is 7.91. The van der Waals surface area contributed by atoms with Crippen molar-refractivity contribution in [3.63, 3.8) is 0 Å². The maximum Gasteiger partial charge on any atom is 0.161 e. The van der Waals surface area contributed by atoms with Gasteiger partial charge in [-0.25, -0.2) is 8.42 Å². The molecule has 7 heteroatoms. The lowest BCUT2D eigenvalue weighted by molar-refractivity contribution is 0.0718. The average molecular weight is 301 g/mol. The summed E-state index contributed by atoms with van der Waals surface area (Å²) in [7, 11) is -1.75. The van der Waals surface area contributed by atoms with Crippen molar-refractivity contribution in [2.75, 3.05) is 18.6 Å². The first-order chi connectivity index (χ1) is 9.32. The highest BCUT2D eigenvalue weighted by Crippen LogP contribution is 2.32. The fraction of sp³-hybridized carbons (Fsp3) is 0.538. The lowest BCUT2D eigenvalue weighted by atomic mass is 10.1. The third-order valence-corrected chi connectivity index (χ3v) is 4.95. The zero-order chi connectivity index (χ0) is 14.9. The number of aliphatic hydroxyl groups excluding tert-OH is 1. The number of hydrogen-bond donors (Lipinski definition) is 2. The van der Waals surface area contributed by atoms with Crippen LogP contribution in [-0.4, -0.2) is 44.3 Å². The molecule has 1 aromatic carbocycles. The van der Waals surface area contributed by atoms with Gasteiger partial charge in [0, 0.05) is 6.04 Å². The van der Waals surface area contributed by atoms with E-state index in [-0.39, 0.29) is 17.5 Å². The standard InChI is InChI=1S/C13H19NO5S/c1-8(14)9-3-4-11(12(5-9)18-2)19-13-7-20(16,17)6-10(13)15/h3-5,8,10,13,15H,6-7,14H2,1-2H3. The van der Waals surface area contributed by atoms with Crippen LogP contribution in [0.5, 0.6) is 11.5 Å². The van der Waals surface area contributed by atoms with E-state index >= 15 is 0 Å². The second-order valence-corrected chi connectivity index (χ2v) is 7.15. The zero-order valence-corrected chi connectivity index (χ0v) is 12.3. The molecule has 112 valence electrons. The molecule has 1 aliphatic rings. The van der Waals surface area contributed by atoms with Crippen LogP contribution >= 0.6 is 0 Å². The Balaban J connectivity index is 2.21. The van der Waals surface area contributed by atoms with Crippen LogP contribution in [0.1, 0.15) is 18.5 Å². The topological polar surface area (TPSA) is 98.9 Å². The van der Waals surface area contributed by atoms with Crippen molar-refractivity contribution in [2.24, 2.45) is 5.73 Å². The van der Waals surface area contributed by atoms with Crippen molar-refractivity contribution in [1.29, 1.82) is 0 Å². The number of nitrogens with two attached hydrogens (primary N) is 1. The molecule has 0 radical (unpaired) electrons. The Morgan fingerprint density at radius 1 is 1.35 bits per heavy atom. The molecular formula is C13H19NO5S. The summed E-state index contributed by atoms with van der Waals surface area (Å²) >= 11 is 0. The number of hydrogen-bond acceptors (Lipinski definition) is 6. The Labute approximate surface area is 118 Å². The molecule has 2 rings (SSSR count). The average Bonchev–Trinajstić information content (AvgIpc) is 2.62. The molecule has 1 heterocycles. The molecule has 0 aliphatic carbocycles. The molecule has 3 N–H and O–H groups in total. The van der Waals surface area contributed by atoms with Crippen molar-refractivity contribution >= 4 is 9.84 Å². The number of methoxy groups -OCH3 is 1. The SMILES string of the molecule is COc1cc(C(C)N)ccc1OC1CS(=O)(=O)CC1O. The summed E-state index contributed by atoms with van der Waals surface area (Å²) in [4.78, 5) is 0. The third kappa shape index (κ3) is 3.23.